The SMILES string of the molecule is O=C1c2cccc3c2C(=O)C2(CSSCNc4cc(ccn4)C4(CCC5(CCCC5)C4)CC4(O)C(O)C(CO)OC(O3)C4O)C(O)=CC(Cc3cccc(CO)c3)=CC12. The Balaban J connectivity index is 1.14. The lowest BCUT2D eigenvalue weighted by Gasteiger charge is -2.51. The van der Waals surface area contributed by atoms with Gasteiger partial charge in [0.1, 0.15) is 46.7 Å². The van der Waals surface area contributed by atoms with Gasteiger partial charge in [0.05, 0.1) is 30.6 Å². The summed E-state index contributed by atoms with van der Waals surface area (Å²) in [7, 11) is 2.77. The number of benzene rings is 2. The van der Waals surface area contributed by atoms with Crippen LogP contribution in [0.3, 0.4) is 0 Å². The summed E-state index contributed by atoms with van der Waals surface area (Å²) in [6.07, 6.45) is 5.44. The molecule has 0 amide bonds. The van der Waals surface area contributed by atoms with Crippen molar-refractivity contribution in [3.63, 3.8) is 0 Å². The summed E-state index contributed by atoms with van der Waals surface area (Å²) in [4.78, 5) is 34.5. The summed E-state index contributed by atoms with van der Waals surface area (Å²) in [5, 5.41) is 72.4. The first-order valence-corrected chi connectivity index (χ1v) is 22.9. The van der Waals surface area contributed by atoms with Gasteiger partial charge < -0.3 is 45.4 Å². The van der Waals surface area contributed by atoms with Crippen LogP contribution in [0.25, 0.3) is 0 Å². The number of carbonyl (C=O) groups is 2. The summed E-state index contributed by atoms with van der Waals surface area (Å²) in [6.45, 7) is -0.831. The summed E-state index contributed by atoms with van der Waals surface area (Å²) in [5.41, 5.74) is -1.44. The van der Waals surface area contributed by atoms with Gasteiger partial charge in [-0.3, -0.25) is 9.59 Å². The standard InChI is InChI=1S/C45H50N2O10S2/c48-20-27-6-3-5-26(15-27)16-28-17-31-37(51)30-7-4-8-32-36(30)39(53)44(31,34(50)18-28)24-58-59-25-47-35-19-29(9-14-46-35)43(13-12-42(22-43)10-1-2-11-42)23-45(55)38(52)33(21-49)57-41(56-32)40(45)54/h3-9,14-15,17-19,31,33,38,40-41,48-50,52,54-55H,1-2,10-13,16,20-25H2,(H,46,47). The van der Waals surface area contributed by atoms with Gasteiger partial charge in [0.15, 0.2) is 11.6 Å². The fourth-order valence-electron chi connectivity index (χ4n) is 11.0. The number of aliphatic hydroxyl groups excluding tert-OH is 5. The predicted octanol–water partition coefficient (Wildman–Crippen LogP) is 5.57. The van der Waals surface area contributed by atoms with Crippen LogP contribution in [0.2, 0.25) is 0 Å². The van der Waals surface area contributed by atoms with Gasteiger partial charge in [-0.25, -0.2) is 4.98 Å². The molecule has 312 valence electrons. The number of carbonyl (C=O) groups excluding carboxylic acids is 2. The van der Waals surface area contributed by atoms with Crippen LogP contribution in [-0.4, -0.2) is 95.6 Å². The van der Waals surface area contributed by atoms with E-state index >= 15 is 4.79 Å². The highest BCUT2D eigenvalue weighted by molar-refractivity contribution is 8.76. The number of aliphatic hydroxyl groups is 6. The molecule has 12 nitrogen and oxygen atoms in total. The molecular formula is C45H50N2O10S2. The quantitative estimate of drug-likeness (QED) is 0.161. The van der Waals surface area contributed by atoms with Crippen molar-refractivity contribution < 1.29 is 49.7 Å². The van der Waals surface area contributed by atoms with E-state index in [0.717, 1.165) is 55.2 Å². The van der Waals surface area contributed by atoms with Crippen LogP contribution in [0, 0.1) is 16.7 Å². The van der Waals surface area contributed by atoms with E-state index in [0.29, 0.717) is 30.1 Å². The minimum absolute atomic E-state index is 0.0220. The number of allylic oxidation sites excluding steroid dienone is 4. The van der Waals surface area contributed by atoms with Crippen LogP contribution < -0.4 is 10.1 Å². The molecule has 59 heavy (non-hydrogen) atoms. The number of ketones is 2. The fourth-order valence-corrected chi connectivity index (χ4v) is 13.3. The number of hydrogen-bond donors (Lipinski definition) is 7. The molecule has 6 bridgehead atoms. The number of ether oxygens (including phenoxy) is 2. The normalized spacial score (nSPS) is 33.9. The second-order valence-electron chi connectivity index (χ2n) is 17.4. The largest absolute Gasteiger partial charge is 0.511 e. The predicted molar refractivity (Wildman–Crippen MR) is 223 cm³/mol. The van der Waals surface area contributed by atoms with Crippen molar-refractivity contribution in [2.75, 3.05) is 23.6 Å². The molecular weight excluding hydrogens is 793 g/mol. The molecule has 8 atom stereocenters. The number of Topliss-reactive ketones (excluding diaryl/α,β-unsaturated/α-hetero) is 2. The number of rotatable bonds is 4. The van der Waals surface area contributed by atoms with Crippen molar-refractivity contribution in [2.24, 2.45) is 16.7 Å². The molecule has 3 spiro atoms. The van der Waals surface area contributed by atoms with Crippen LogP contribution in [-0.2, 0) is 23.2 Å². The lowest BCUT2D eigenvalue weighted by atomic mass is 9.60. The van der Waals surface area contributed by atoms with Crippen LogP contribution in [0.5, 0.6) is 5.75 Å². The van der Waals surface area contributed by atoms with E-state index in [1.807, 2.05) is 30.3 Å². The number of nitrogens with zero attached hydrogens (tertiary/aromatic N) is 1. The Bertz CT molecular complexity index is 2210. The molecule has 3 heterocycles. The first-order chi connectivity index (χ1) is 28.4. The fraction of sp³-hybridized carbons (Fsp3) is 0.489. The van der Waals surface area contributed by atoms with Crippen molar-refractivity contribution in [1.82, 2.24) is 4.98 Å². The van der Waals surface area contributed by atoms with Gasteiger partial charge in [0.25, 0.3) is 0 Å². The third-order valence-electron chi connectivity index (χ3n) is 14.0. The number of pyridine rings is 1. The minimum Gasteiger partial charge on any atom is -0.511 e. The van der Waals surface area contributed by atoms with Crippen molar-refractivity contribution in [2.45, 2.75) is 100 Å². The van der Waals surface area contributed by atoms with Crippen molar-refractivity contribution in [1.29, 1.82) is 0 Å². The Morgan fingerprint density at radius 3 is 2.51 bits per heavy atom. The first kappa shape index (κ1) is 40.7. The van der Waals surface area contributed by atoms with Gasteiger partial charge in [-0.1, -0.05) is 76.9 Å². The number of nitrogens with one attached hydrogen (secondary N) is 1. The molecule has 6 aliphatic rings. The number of anilines is 1. The van der Waals surface area contributed by atoms with Crippen LogP contribution in [0.15, 0.2) is 84.3 Å². The van der Waals surface area contributed by atoms with Crippen molar-refractivity contribution in [3.8, 4) is 5.75 Å². The Morgan fingerprint density at radius 1 is 0.915 bits per heavy atom. The van der Waals surface area contributed by atoms with Gasteiger partial charge in [0, 0.05) is 17.5 Å². The van der Waals surface area contributed by atoms with E-state index in [9.17, 15) is 35.4 Å². The average Bonchev–Trinajstić information content (AvgIpc) is 3.86. The number of hydrogen-bond acceptors (Lipinski definition) is 14. The molecule has 0 radical (unpaired) electrons. The molecule has 7 N–H and O–H groups in total. The lowest BCUT2D eigenvalue weighted by molar-refractivity contribution is -0.318. The molecule has 3 aromatic rings. The smallest absolute Gasteiger partial charge is 0.229 e. The molecule has 3 fully saturated rings. The number of fused-ring (bicyclic) bond motifs is 5. The summed E-state index contributed by atoms with van der Waals surface area (Å²) < 4.78 is 12.4. The van der Waals surface area contributed by atoms with E-state index in [-0.39, 0.29) is 46.8 Å². The second-order valence-corrected chi connectivity index (χ2v) is 19.9. The molecule has 4 aliphatic carbocycles. The molecule has 14 heteroatoms. The maximum Gasteiger partial charge on any atom is 0.229 e. The Labute approximate surface area is 350 Å². The van der Waals surface area contributed by atoms with Gasteiger partial charge in [-0.15, -0.1) is 0 Å². The first-order valence-electron chi connectivity index (χ1n) is 20.4. The Kier molecular flexibility index (Phi) is 10.8. The number of aromatic nitrogens is 1. The van der Waals surface area contributed by atoms with Crippen LogP contribution in [0.1, 0.15) is 88.8 Å². The van der Waals surface area contributed by atoms with Gasteiger partial charge in [0.2, 0.25) is 6.29 Å². The van der Waals surface area contributed by atoms with E-state index in [4.69, 9.17) is 9.47 Å². The summed E-state index contributed by atoms with van der Waals surface area (Å²) in [6, 6.07) is 15.9. The molecule has 2 aromatic carbocycles. The van der Waals surface area contributed by atoms with Gasteiger partial charge >= 0.3 is 0 Å². The monoisotopic (exact) mass is 842 g/mol. The van der Waals surface area contributed by atoms with Crippen LogP contribution in [0.4, 0.5) is 5.82 Å². The zero-order valence-electron chi connectivity index (χ0n) is 32.6. The van der Waals surface area contributed by atoms with E-state index in [2.05, 4.69) is 10.3 Å². The van der Waals surface area contributed by atoms with E-state index in [1.165, 1.54) is 33.7 Å². The average molecular weight is 843 g/mol. The van der Waals surface area contributed by atoms with Crippen molar-refractivity contribution in [3.05, 3.63) is 112 Å². The molecule has 2 saturated carbocycles. The maximum atomic E-state index is 15.2. The highest BCUT2D eigenvalue weighted by atomic mass is 33.1. The van der Waals surface area contributed by atoms with Gasteiger partial charge in [-0.2, -0.15) is 0 Å². The van der Waals surface area contributed by atoms with E-state index in [1.54, 1.807) is 30.5 Å². The molecule has 9 rings (SSSR count). The summed E-state index contributed by atoms with van der Waals surface area (Å²) >= 11 is 0. The maximum absolute atomic E-state index is 15.2. The third-order valence-corrected chi connectivity index (χ3v) is 16.2. The molecule has 1 saturated heterocycles. The van der Waals surface area contributed by atoms with E-state index < -0.39 is 65.1 Å². The minimum atomic E-state index is -2.24. The highest BCUT2D eigenvalue weighted by Gasteiger charge is 2.62. The lowest BCUT2D eigenvalue weighted by Crippen LogP contribution is -2.69. The highest BCUT2D eigenvalue weighted by Crippen LogP contribution is 2.61. The third kappa shape index (κ3) is 6.84. The molecule has 8 unspecified atom stereocenters. The summed E-state index contributed by atoms with van der Waals surface area (Å²) in [5.74, 6) is -1.40. The zero-order valence-corrected chi connectivity index (χ0v) is 34.2. The zero-order chi connectivity index (χ0) is 41.2. The molecule has 2 aliphatic heterocycles. The Hall–Kier alpha value is -3.73. The second kappa shape index (κ2) is 15.6. The topological polar surface area (TPSA) is 199 Å². The van der Waals surface area contributed by atoms with Crippen molar-refractivity contribution >= 4 is 39.0 Å². The van der Waals surface area contributed by atoms with Crippen LogP contribution >= 0.6 is 21.6 Å². The van der Waals surface area contributed by atoms with Gasteiger partial charge in [-0.05, 0) is 102 Å². The Morgan fingerprint density at radius 2 is 1.71 bits per heavy atom. The molecule has 1 aromatic heterocycles.